The van der Waals surface area contributed by atoms with E-state index < -0.39 is 5.97 Å². The van der Waals surface area contributed by atoms with E-state index in [9.17, 15) is 4.79 Å². The van der Waals surface area contributed by atoms with E-state index in [0.29, 0.717) is 18.0 Å². The van der Waals surface area contributed by atoms with E-state index in [0.717, 1.165) is 0 Å². The number of ether oxygens (including phenoxy) is 2. The third-order valence-electron chi connectivity index (χ3n) is 1.57. The van der Waals surface area contributed by atoms with Crippen molar-refractivity contribution in [2.75, 3.05) is 18.9 Å². The molecule has 0 fully saturated rings. The second-order valence-corrected chi connectivity index (χ2v) is 2.63. The van der Waals surface area contributed by atoms with Crippen LogP contribution in [0.4, 0.5) is 5.69 Å². The molecule has 0 amide bonds. The highest BCUT2D eigenvalue weighted by molar-refractivity contribution is 5.71. The Balaban J connectivity index is 0.00000106. The Morgan fingerprint density at radius 3 is 2.50 bits per heavy atom. The molecule has 0 saturated carbocycles. The molecule has 0 unspecified atom stereocenters. The Bertz CT molecular complexity index is 313. The van der Waals surface area contributed by atoms with Crippen molar-refractivity contribution in [1.82, 2.24) is 0 Å². The molecule has 0 spiro atoms. The monoisotopic (exact) mass is 225 g/mol. The van der Waals surface area contributed by atoms with E-state index in [1.165, 1.54) is 0 Å². The van der Waals surface area contributed by atoms with Crippen LogP contribution < -0.4 is 10.5 Å². The minimum atomic E-state index is -0.393. The lowest BCUT2D eigenvalue weighted by atomic mass is 10.3. The van der Waals surface area contributed by atoms with Crippen LogP contribution in [0.2, 0.25) is 0 Å². The minimum absolute atomic E-state index is 0.109. The van der Waals surface area contributed by atoms with Gasteiger partial charge in [-0.25, -0.2) is 4.79 Å². The Morgan fingerprint density at radius 1 is 1.31 bits per heavy atom. The molecule has 0 aliphatic carbocycles. The van der Waals surface area contributed by atoms with Gasteiger partial charge in [0.2, 0.25) is 0 Å². The SMILES string of the molecule is CC.CCOC(=O)COc1ccccc1N. The maximum absolute atomic E-state index is 10.9. The summed E-state index contributed by atoms with van der Waals surface area (Å²) in [6, 6.07) is 7.00. The van der Waals surface area contributed by atoms with Gasteiger partial charge in [0.05, 0.1) is 12.3 Å². The van der Waals surface area contributed by atoms with Gasteiger partial charge in [-0.05, 0) is 19.1 Å². The number of nitrogen functional groups attached to an aromatic ring is 1. The molecule has 0 bridgehead atoms. The minimum Gasteiger partial charge on any atom is -0.480 e. The van der Waals surface area contributed by atoms with Crippen LogP contribution in [0.3, 0.4) is 0 Å². The third-order valence-corrected chi connectivity index (χ3v) is 1.57. The number of nitrogens with two attached hydrogens (primary N) is 1. The molecule has 0 atom stereocenters. The molecule has 1 aromatic rings. The van der Waals surface area contributed by atoms with E-state index >= 15 is 0 Å². The van der Waals surface area contributed by atoms with Gasteiger partial charge in [0, 0.05) is 0 Å². The zero-order valence-electron chi connectivity index (χ0n) is 10.0. The Morgan fingerprint density at radius 2 is 1.94 bits per heavy atom. The number of rotatable bonds is 4. The van der Waals surface area contributed by atoms with Crippen LogP contribution in [0, 0.1) is 0 Å². The van der Waals surface area contributed by atoms with Crippen LogP contribution in [-0.4, -0.2) is 19.2 Å². The topological polar surface area (TPSA) is 61.5 Å². The summed E-state index contributed by atoms with van der Waals surface area (Å²) in [5.74, 6) is 0.108. The number of benzene rings is 1. The molecule has 1 rings (SSSR count). The fourth-order valence-corrected chi connectivity index (χ4v) is 0.951. The van der Waals surface area contributed by atoms with Gasteiger partial charge < -0.3 is 15.2 Å². The van der Waals surface area contributed by atoms with Gasteiger partial charge in [-0.3, -0.25) is 0 Å². The molecular formula is C12H19NO3. The molecule has 0 heterocycles. The van der Waals surface area contributed by atoms with Crippen LogP contribution in [0.1, 0.15) is 20.8 Å². The van der Waals surface area contributed by atoms with Crippen molar-refractivity contribution in [2.45, 2.75) is 20.8 Å². The first-order valence-corrected chi connectivity index (χ1v) is 5.37. The van der Waals surface area contributed by atoms with Crippen molar-refractivity contribution in [2.24, 2.45) is 0 Å². The van der Waals surface area contributed by atoms with E-state index in [4.69, 9.17) is 15.2 Å². The van der Waals surface area contributed by atoms with Gasteiger partial charge in [-0.15, -0.1) is 0 Å². The molecule has 16 heavy (non-hydrogen) atoms. The quantitative estimate of drug-likeness (QED) is 0.630. The summed E-state index contributed by atoms with van der Waals surface area (Å²) >= 11 is 0. The van der Waals surface area contributed by atoms with Crippen molar-refractivity contribution < 1.29 is 14.3 Å². The zero-order chi connectivity index (χ0) is 12.4. The Labute approximate surface area is 96.4 Å². The van der Waals surface area contributed by atoms with Gasteiger partial charge in [0.15, 0.2) is 6.61 Å². The first kappa shape index (κ1) is 14.3. The predicted octanol–water partition coefficient (Wildman–Crippen LogP) is 2.24. The summed E-state index contributed by atoms with van der Waals surface area (Å²) in [6.45, 7) is 5.99. The number of anilines is 1. The van der Waals surface area contributed by atoms with Gasteiger partial charge in [0.25, 0.3) is 0 Å². The van der Waals surface area contributed by atoms with E-state index in [1.54, 1.807) is 31.2 Å². The van der Waals surface area contributed by atoms with Crippen molar-refractivity contribution in [3.63, 3.8) is 0 Å². The maximum Gasteiger partial charge on any atom is 0.344 e. The molecule has 0 radical (unpaired) electrons. The Kier molecular flexibility index (Phi) is 7.67. The average molecular weight is 225 g/mol. The molecule has 0 aromatic heterocycles. The van der Waals surface area contributed by atoms with Crippen molar-refractivity contribution in [3.05, 3.63) is 24.3 Å². The van der Waals surface area contributed by atoms with Crippen LogP contribution in [0.25, 0.3) is 0 Å². The summed E-state index contributed by atoms with van der Waals surface area (Å²) in [7, 11) is 0. The molecule has 90 valence electrons. The Hall–Kier alpha value is -1.71. The second-order valence-electron chi connectivity index (χ2n) is 2.63. The highest BCUT2D eigenvalue weighted by Gasteiger charge is 2.04. The first-order valence-electron chi connectivity index (χ1n) is 5.37. The average Bonchev–Trinajstić information content (AvgIpc) is 2.31. The smallest absolute Gasteiger partial charge is 0.344 e. The lowest BCUT2D eigenvalue weighted by molar-refractivity contribution is -0.145. The molecular weight excluding hydrogens is 206 g/mol. The highest BCUT2D eigenvalue weighted by atomic mass is 16.6. The normalized spacial score (nSPS) is 8.69. The summed E-state index contributed by atoms with van der Waals surface area (Å²) < 4.78 is 9.85. The number of esters is 1. The van der Waals surface area contributed by atoms with Crippen molar-refractivity contribution in [3.8, 4) is 5.75 Å². The largest absolute Gasteiger partial charge is 0.480 e. The van der Waals surface area contributed by atoms with Crippen molar-refractivity contribution >= 4 is 11.7 Å². The first-order chi connectivity index (χ1) is 7.74. The van der Waals surface area contributed by atoms with E-state index in [-0.39, 0.29) is 6.61 Å². The lowest BCUT2D eigenvalue weighted by Crippen LogP contribution is -2.15. The zero-order valence-corrected chi connectivity index (χ0v) is 10.0. The number of para-hydroxylation sites is 2. The highest BCUT2D eigenvalue weighted by Crippen LogP contribution is 2.19. The van der Waals surface area contributed by atoms with Crippen LogP contribution >= 0.6 is 0 Å². The van der Waals surface area contributed by atoms with E-state index in [1.807, 2.05) is 13.8 Å². The molecule has 1 aromatic carbocycles. The summed E-state index contributed by atoms with van der Waals surface area (Å²) in [5.41, 5.74) is 6.11. The molecule has 2 N–H and O–H groups in total. The number of hydrogen-bond donors (Lipinski definition) is 1. The fourth-order valence-electron chi connectivity index (χ4n) is 0.951. The third kappa shape index (κ3) is 5.24. The van der Waals surface area contributed by atoms with Crippen LogP contribution in [0.5, 0.6) is 5.75 Å². The number of carbonyl (C=O) groups is 1. The van der Waals surface area contributed by atoms with E-state index in [2.05, 4.69) is 0 Å². The standard InChI is InChI=1S/C10H13NO3.C2H6/c1-2-13-10(12)7-14-9-6-4-3-5-8(9)11;1-2/h3-6H,2,7,11H2,1H3;1-2H3. The molecule has 0 saturated heterocycles. The summed E-state index contributed by atoms with van der Waals surface area (Å²) in [4.78, 5) is 10.9. The molecule has 0 aliphatic rings. The van der Waals surface area contributed by atoms with Gasteiger partial charge in [-0.1, -0.05) is 26.0 Å². The predicted molar refractivity (Wildman–Crippen MR) is 64.3 cm³/mol. The van der Waals surface area contributed by atoms with Crippen LogP contribution in [-0.2, 0) is 9.53 Å². The van der Waals surface area contributed by atoms with Crippen molar-refractivity contribution in [1.29, 1.82) is 0 Å². The summed E-state index contributed by atoms with van der Waals surface area (Å²) in [6.07, 6.45) is 0. The summed E-state index contributed by atoms with van der Waals surface area (Å²) in [5, 5.41) is 0. The molecule has 0 aliphatic heterocycles. The molecule has 4 nitrogen and oxygen atoms in total. The number of hydrogen-bond acceptors (Lipinski definition) is 4. The number of carbonyl (C=O) groups excluding carboxylic acids is 1. The molecule has 4 heteroatoms. The van der Waals surface area contributed by atoms with Gasteiger partial charge in [-0.2, -0.15) is 0 Å². The maximum atomic E-state index is 10.9. The van der Waals surface area contributed by atoms with Gasteiger partial charge in [0.1, 0.15) is 5.75 Å². The second kappa shape index (κ2) is 8.59. The fraction of sp³-hybridized carbons (Fsp3) is 0.417. The lowest BCUT2D eigenvalue weighted by Gasteiger charge is -2.07. The van der Waals surface area contributed by atoms with Gasteiger partial charge >= 0.3 is 5.97 Å². The van der Waals surface area contributed by atoms with Crippen LogP contribution in [0.15, 0.2) is 24.3 Å².